The summed E-state index contributed by atoms with van der Waals surface area (Å²) < 4.78 is 0. The Balaban J connectivity index is 1.71. The summed E-state index contributed by atoms with van der Waals surface area (Å²) in [6, 6.07) is 6.44. The van der Waals surface area contributed by atoms with E-state index in [0.717, 1.165) is 48.6 Å². The fourth-order valence-electron chi connectivity index (χ4n) is 3.60. The van der Waals surface area contributed by atoms with Gasteiger partial charge in [-0.3, -0.25) is 0 Å². The Bertz CT molecular complexity index is 851. The summed E-state index contributed by atoms with van der Waals surface area (Å²) >= 11 is 0. The lowest BCUT2D eigenvalue weighted by Gasteiger charge is -2.36. The molecule has 0 unspecified atom stereocenters. The monoisotopic (exact) mass is 321 g/mol. The second-order valence-electron chi connectivity index (χ2n) is 6.72. The van der Waals surface area contributed by atoms with E-state index in [0.29, 0.717) is 0 Å². The predicted octanol–water partition coefficient (Wildman–Crippen LogP) is 2.99. The first-order chi connectivity index (χ1) is 11.6. The van der Waals surface area contributed by atoms with Crippen molar-refractivity contribution >= 4 is 16.9 Å². The van der Waals surface area contributed by atoms with Gasteiger partial charge in [0.2, 0.25) is 0 Å². The predicted molar refractivity (Wildman–Crippen MR) is 98.5 cm³/mol. The molecule has 0 radical (unpaired) electrons. The lowest BCUT2D eigenvalue weighted by Crippen LogP contribution is -2.45. The number of fused-ring (bicyclic) bond motifs is 1. The fraction of sp³-hybridized carbons (Fsp3) is 0.368. The van der Waals surface area contributed by atoms with Gasteiger partial charge < -0.3 is 14.8 Å². The van der Waals surface area contributed by atoms with Crippen molar-refractivity contribution in [2.24, 2.45) is 0 Å². The Hall–Kier alpha value is -2.40. The molecule has 0 saturated carbocycles. The third-order valence-electron chi connectivity index (χ3n) is 4.87. The Morgan fingerprint density at radius 2 is 1.75 bits per heavy atom. The zero-order valence-electron chi connectivity index (χ0n) is 14.5. The maximum Gasteiger partial charge on any atom is 0.156 e. The molecule has 3 aromatic rings. The van der Waals surface area contributed by atoms with Gasteiger partial charge in [-0.2, -0.15) is 0 Å². The van der Waals surface area contributed by atoms with E-state index in [2.05, 4.69) is 52.8 Å². The number of anilines is 1. The van der Waals surface area contributed by atoms with Crippen molar-refractivity contribution < 1.29 is 0 Å². The van der Waals surface area contributed by atoms with Crippen LogP contribution in [0.1, 0.15) is 11.1 Å². The molecule has 0 aliphatic carbocycles. The SMILES string of the molecule is Cc1cc(-c2cnc3[nH]ccc3n2)cc(C)c1N1CCN(C)CC1. The number of aryl methyl sites for hydroxylation is 2. The van der Waals surface area contributed by atoms with Gasteiger partial charge in [0, 0.05) is 43.6 Å². The highest BCUT2D eigenvalue weighted by molar-refractivity contribution is 5.76. The Morgan fingerprint density at radius 3 is 2.46 bits per heavy atom. The average molecular weight is 321 g/mol. The minimum atomic E-state index is 0.834. The van der Waals surface area contributed by atoms with E-state index in [4.69, 9.17) is 4.98 Å². The quantitative estimate of drug-likeness (QED) is 0.788. The van der Waals surface area contributed by atoms with Crippen molar-refractivity contribution in [2.75, 3.05) is 38.1 Å². The molecule has 1 fully saturated rings. The van der Waals surface area contributed by atoms with Crippen molar-refractivity contribution in [2.45, 2.75) is 13.8 Å². The molecule has 0 spiro atoms. The number of likely N-dealkylation sites (N-methyl/N-ethyl adjacent to an activating group) is 1. The molecular formula is C19H23N5. The summed E-state index contributed by atoms with van der Waals surface area (Å²) in [6.07, 6.45) is 3.73. The molecule has 1 aromatic carbocycles. The Labute approximate surface area is 142 Å². The van der Waals surface area contributed by atoms with E-state index in [1.54, 1.807) is 0 Å². The molecule has 0 bridgehead atoms. The van der Waals surface area contributed by atoms with E-state index in [1.165, 1.54) is 16.8 Å². The largest absolute Gasteiger partial charge is 0.369 e. The minimum absolute atomic E-state index is 0.834. The van der Waals surface area contributed by atoms with Crippen LogP contribution in [0.2, 0.25) is 0 Å². The molecule has 1 aliphatic rings. The van der Waals surface area contributed by atoms with Crippen LogP contribution in [0.3, 0.4) is 0 Å². The van der Waals surface area contributed by atoms with E-state index < -0.39 is 0 Å². The van der Waals surface area contributed by atoms with Crippen LogP contribution in [0.15, 0.2) is 30.6 Å². The van der Waals surface area contributed by atoms with Gasteiger partial charge in [0.25, 0.3) is 0 Å². The average Bonchev–Trinajstić information content (AvgIpc) is 3.03. The molecule has 5 nitrogen and oxygen atoms in total. The summed E-state index contributed by atoms with van der Waals surface area (Å²) in [5.41, 5.74) is 7.81. The van der Waals surface area contributed by atoms with E-state index in [9.17, 15) is 0 Å². The molecule has 0 amide bonds. The topological polar surface area (TPSA) is 48.1 Å². The number of aromatic nitrogens is 3. The second kappa shape index (κ2) is 5.91. The number of nitrogens with one attached hydrogen (secondary N) is 1. The van der Waals surface area contributed by atoms with Crippen LogP contribution in [0.25, 0.3) is 22.4 Å². The van der Waals surface area contributed by atoms with Gasteiger partial charge in [0.05, 0.1) is 11.9 Å². The van der Waals surface area contributed by atoms with Crippen molar-refractivity contribution in [3.05, 3.63) is 41.7 Å². The van der Waals surface area contributed by atoms with E-state index in [-0.39, 0.29) is 0 Å². The van der Waals surface area contributed by atoms with Crippen LogP contribution in [0, 0.1) is 13.8 Å². The van der Waals surface area contributed by atoms with E-state index >= 15 is 0 Å². The Morgan fingerprint density at radius 1 is 1.04 bits per heavy atom. The van der Waals surface area contributed by atoms with Gasteiger partial charge in [-0.05, 0) is 50.2 Å². The summed E-state index contributed by atoms with van der Waals surface area (Å²) in [6.45, 7) is 8.82. The molecule has 2 aromatic heterocycles. The van der Waals surface area contributed by atoms with Crippen molar-refractivity contribution in [1.29, 1.82) is 0 Å². The van der Waals surface area contributed by atoms with Gasteiger partial charge in [0.15, 0.2) is 5.65 Å². The summed E-state index contributed by atoms with van der Waals surface area (Å²) in [5, 5.41) is 0. The minimum Gasteiger partial charge on any atom is -0.369 e. The Kier molecular flexibility index (Phi) is 3.73. The number of rotatable bonds is 2. The molecule has 1 saturated heterocycles. The number of hydrogen-bond acceptors (Lipinski definition) is 4. The molecule has 0 atom stereocenters. The van der Waals surface area contributed by atoms with Crippen LogP contribution in [-0.2, 0) is 0 Å². The smallest absolute Gasteiger partial charge is 0.156 e. The second-order valence-corrected chi connectivity index (χ2v) is 6.72. The number of aromatic amines is 1. The zero-order valence-corrected chi connectivity index (χ0v) is 14.5. The summed E-state index contributed by atoms with van der Waals surface area (Å²) in [5.74, 6) is 0. The molecular weight excluding hydrogens is 298 g/mol. The first-order valence-electron chi connectivity index (χ1n) is 8.47. The highest BCUT2D eigenvalue weighted by Crippen LogP contribution is 2.31. The van der Waals surface area contributed by atoms with Crippen molar-refractivity contribution in [3.63, 3.8) is 0 Å². The van der Waals surface area contributed by atoms with Gasteiger partial charge >= 0.3 is 0 Å². The summed E-state index contributed by atoms with van der Waals surface area (Å²) in [4.78, 5) is 17.2. The number of nitrogens with zero attached hydrogens (tertiary/aromatic N) is 4. The first-order valence-corrected chi connectivity index (χ1v) is 8.47. The number of piperazine rings is 1. The number of hydrogen-bond donors (Lipinski definition) is 1. The van der Waals surface area contributed by atoms with Crippen LogP contribution in [-0.4, -0.2) is 53.1 Å². The standard InChI is InChI=1S/C19H23N5/c1-13-10-15(17-12-21-19-16(22-17)4-5-20-19)11-14(2)18(13)24-8-6-23(3)7-9-24/h4-5,10-12H,6-9H2,1-3H3,(H,20,21). The third-order valence-corrected chi connectivity index (χ3v) is 4.87. The zero-order chi connectivity index (χ0) is 16.7. The highest BCUT2D eigenvalue weighted by Gasteiger charge is 2.18. The summed E-state index contributed by atoms with van der Waals surface area (Å²) in [7, 11) is 2.19. The maximum atomic E-state index is 4.73. The van der Waals surface area contributed by atoms with Gasteiger partial charge in [-0.15, -0.1) is 0 Å². The highest BCUT2D eigenvalue weighted by atomic mass is 15.2. The lowest BCUT2D eigenvalue weighted by atomic mass is 10.0. The molecule has 4 rings (SSSR count). The molecule has 124 valence electrons. The first kappa shape index (κ1) is 15.1. The van der Waals surface area contributed by atoms with Crippen molar-refractivity contribution in [1.82, 2.24) is 19.9 Å². The van der Waals surface area contributed by atoms with Gasteiger partial charge in [-0.25, -0.2) is 9.97 Å². The third kappa shape index (κ3) is 2.65. The molecule has 1 N–H and O–H groups in total. The van der Waals surface area contributed by atoms with Crippen LogP contribution < -0.4 is 4.90 Å². The van der Waals surface area contributed by atoms with Crippen LogP contribution >= 0.6 is 0 Å². The van der Waals surface area contributed by atoms with Crippen LogP contribution in [0.5, 0.6) is 0 Å². The van der Waals surface area contributed by atoms with E-state index in [1.807, 2.05) is 18.5 Å². The maximum absolute atomic E-state index is 4.73. The fourth-order valence-corrected chi connectivity index (χ4v) is 3.60. The normalized spacial score (nSPS) is 16.0. The number of H-pyrrole nitrogens is 1. The molecule has 24 heavy (non-hydrogen) atoms. The van der Waals surface area contributed by atoms with Crippen LogP contribution in [0.4, 0.5) is 5.69 Å². The number of benzene rings is 1. The lowest BCUT2D eigenvalue weighted by molar-refractivity contribution is 0.312. The van der Waals surface area contributed by atoms with Gasteiger partial charge in [-0.1, -0.05) is 0 Å². The molecule has 5 heteroatoms. The molecule has 3 heterocycles. The van der Waals surface area contributed by atoms with Crippen molar-refractivity contribution in [3.8, 4) is 11.3 Å². The molecule has 1 aliphatic heterocycles. The van der Waals surface area contributed by atoms with Gasteiger partial charge in [0.1, 0.15) is 5.52 Å².